The zero-order valence-corrected chi connectivity index (χ0v) is 71.0. The van der Waals surface area contributed by atoms with Crippen molar-refractivity contribution in [2.24, 2.45) is 11.8 Å². The number of allylic oxidation sites excluding steroid dienone is 4. The van der Waals surface area contributed by atoms with E-state index in [4.69, 9.17) is 37.0 Å². The van der Waals surface area contributed by atoms with Crippen molar-refractivity contribution in [3.05, 3.63) is 24.3 Å². The van der Waals surface area contributed by atoms with E-state index in [1.54, 1.807) is 0 Å². The Labute approximate surface area is 650 Å². The lowest BCUT2D eigenvalue weighted by Crippen LogP contribution is -2.30. The Morgan fingerprint density at radius 2 is 0.557 bits per heavy atom. The van der Waals surface area contributed by atoms with Crippen LogP contribution in [0.25, 0.3) is 0 Å². The number of esters is 4. The van der Waals surface area contributed by atoms with E-state index in [1.165, 1.54) is 238 Å². The van der Waals surface area contributed by atoms with Crippen LogP contribution in [0.4, 0.5) is 0 Å². The monoisotopic (exact) mass is 1550 g/mol. The first-order valence-corrected chi connectivity index (χ1v) is 47.3. The quantitative estimate of drug-likeness (QED) is 0.0169. The van der Waals surface area contributed by atoms with E-state index in [0.29, 0.717) is 25.7 Å². The van der Waals surface area contributed by atoms with Gasteiger partial charge in [-0.2, -0.15) is 0 Å². The van der Waals surface area contributed by atoms with Gasteiger partial charge in [0.25, 0.3) is 0 Å². The molecule has 0 spiro atoms. The lowest BCUT2D eigenvalue weighted by molar-refractivity contribution is -0.161. The summed E-state index contributed by atoms with van der Waals surface area (Å²) in [4.78, 5) is 73.2. The number of carbonyl (C=O) groups excluding carboxylic acids is 4. The Morgan fingerprint density at radius 3 is 0.849 bits per heavy atom. The average molecular weight is 1550 g/mol. The highest BCUT2D eigenvalue weighted by molar-refractivity contribution is 7.47. The van der Waals surface area contributed by atoms with Crippen molar-refractivity contribution in [2.75, 3.05) is 39.6 Å². The minimum absolute atomic E-state index is 0.0848. The number of hydrogen-bond donors (Lipinski definition) is 3. The third-order valence-corrected chi connectivity index (χ3v) is 22.1. The van der Waals surface area contributed by atoms with Crippen LogP contribution in [0, 0.1) is 11.8 Å². The number of phosphoric ester groups is 2. The van der Waals surface area contributed by atoms with E-state index in [2.05, 4.69) is 65.8 Å². The average Bonchev–Trinajstić information content (AvgIpc) is 0.914. The van der Waals surface area contributed by atoms with Crippen molar-refractivity contribution in [2.45, 2.75) is 458 Å². The van der Waals surface area contributed by atoms with Gasteiger partial charge in [-0.15, -0.1) is 0 Å². The number of unbranched alkanes of at least 4 members (excludes halogenated alkanes) is 50. The van der Waals surface area contributed by atoms with Crippen molar-refractivity contribution in [3.8, 4) is 0 Å². The van der Waals surface area contributed by atoms with Gasteiger partial charge in [-0.25, -0.2) is 9.13 Å². The fraction of sp³-hybridized carbons (Fsp3) is 0.908. The molecule has 0 aromatic heterocycles. The molecule has 106 heavy (non-hydrogen) atoms. The molecule has 0 bridgehead atoms. The predicted molar refractivity (Wildman–Crippen MR) is 437 cm³/mol. The molecule has 0 saturated heterocycles. The first-order chi connectivity index (χ1) is 51.4. The summed E-state index contributed by atoms with van der Waals surface area (Å²) in [6.45, 7) is 9.63. The molecule has 0 radical (unpaired) electrons. The minimum atomic E-state index is -4.97. The van der Waals surface area contributed by atoms with Gasteiger partial charge in [0.05, 0.1) is 26.4 Å². The van der Waals surface area contributed by atoms with Gasteiger partial charge < -0.3 is 33.8 Å². The summed E-state index contributed by atoms with van der Waals surface area (Å²) in [5.74, 6) is -0.539. The van der Waals surface area contributed by atoms with Gasteiger partial charge >= 0.3 is 39.5 Å². The molecule has 0 aliphatic carbocycles. The third-order valence-electron chi connectivity index (χ3n) is 20.2. The number of ether oxygens (including phenoxy) is 4. The Hall–Kier alpha value is -2.46. The van der Waals surface area contributed by atoms with Crippen molar-refractivity contribution in [3.63, 3.8) is 0 Å². The van der Waals surface area contributed by atoms with Crippen LogP contribution < -0.4 is 0 Å². The standard InChI is InChI=1S/C87H166O17P2/c1-7-10-12-14-16-18-20-22-24-25-29-33-36-40-44-51-57-63-69-84(89)97-75-82(103-86(91)72-66-60-54-46-42-38-34-30-27-26-28-32-35-39-43-50-56-62-68-80(6)9-3)77-101-105(93,94)99-73-81(88)74-100-106(95,96)102-78-83(76-98-85(90)70-64-58-52-48-47-49-55-61-67-79(4)5)104-87(92)71-65-59-53-45-41-37-31-23-21-19-17-15-13-11-8-2/h19,21,23,31,79-83,88H,7-18,20,22,24-30,32-78H2,1-6H3,(H,93,94)(H,95,96)/b21-19-,31-23-/t80?,81-,82-,83-/m1/s1. The molecule has 3 unspecified atom stereocenters. The van der Waals surface area contributed by atoms with Crippen LogP contribution in [-0.2, 0) is 65.4 Å². The second-order valence-electron chi connectivity index (χ2n) is 31.3. The fourth-order valence-corrected chi connectivity index (χ4v) is 14.6. The molecule has 0 fully saturated rings. The lowest BCUT2D eigenvalue weighted by atomic mass is 9.99. The summed E-state index contributed by atoms with van der Waals surface area (Å²) in [7, 11) is -9.94. The maximum atomic E-state index is 13.2. The first kappa shape index (κ1) is 104. The molecule has 0 aliphatic heterocycles. The highest BCUT2D eigenvalue weighted by atomic mass is 31.2. The number of aliphatic hydroxyl groups is 1. The summed E-state index contributed by atoms with van der Waals surface area (Å²) >= 11 is 0. The van der Waals surface area contributed by atoms with Crippen molar-refractivity contribution < 1.29 is 80.2 Å². The molecule has 0 aromatic rings. The van der Waals surface area contributed by atoms with Crippen LogP contribution >= 0.6 is 15.6 Å². The number of hydrogen-bond acceptors (Lipinski definition) is 15. The first-order valence-electron chi connectivity index (χ1n) is 44.3. The summed E-state index contributed by atoms with van der Waals surface area (Å²) in [5.41, 5.74) is 0. The highest BCUT2D eigenvalue weighted by Gasteiger charge is 2.30. The number of phosphoric acid groups is 2. The van der Waals surface area contributed by atoms with E-state index < -0.39 is 97.5 Å². The van der Waals surface area contributed by atoms with E-state index in [1.807, 2.05) is 0 Å². The van der Waals surface area contributed by atoms with Crippen LogP contribution in [0.2, 0.25) is 0 Å². The number of carbonyl (C=O) groups is 4. The molecule has 17 nitrogen and oxygen atoms in total. The highest BCUT2D eigenvalue weighted by Crippen LogP contribution is 2.45. The van der Waals surface area contributed by atoms with E-state index in [9.17, 15) is 43.2 Å². The van der Waals surface area contributed by atoms with Crippen molar-refractivity contribution >= 4 is 39.5 Å². The van der Waals surface area contributed by atoms with E-state index in [0.717, 1.165) is 121 Å². The van der Waals surface area contributed by atoms with Crippen LogP contribution in [0.5, 0.6) is 0 Å². The summed E-state index contributed by atoms with van der Waals surface area (Å²) in [6, 6.07) is 0. The Bertz CT molecular complexity index is 2130. The molecule has 0 amide bonds. The van der Waals surface area contributed by atoms with Gasteiger partial charge in [0.15, 0.2) is 12.2 Å². The van der Waals surface area contributed by atoms with Crippen LogP contribution in [0.3, 0.4) is 0 Å². The van der Waals surface area contributed by atoms with Crippen molar-refractivity contribution in [1.82, 2.24) is 0 Å². The van der Waals surface area contributed by atoms with E-state index >= 15 is 0 Å². The Kier molecular flexibility index (Phi) is 76.0. The maximum Gasteiger partial charge on any atom is 0.472 e. The molecule has 6 atom stereocenters. The topological polar surface area (TPSA) is 237 Å². The SMILES string of the molecule is CCCCCC/C=C\C=C/CCCCCCCC(=O)O[C@H](COC(=O)CCCCCCCCCCC(C)C)COP(=O)(O)OC[C@H](O)COP(=O)(O)OC[C@@H](COC(=O)CCCCCCCCCCCCCCCCCCCC)OC(=O)CCCCCCCCCCCCCCCCCCCCC(C)CC. The Balaban J connectivity index is 5.26. The summed E-state index contributed by atoms with van der Waals surface area (Å²) in [5, 5.41) is 10.7. The zero-order chi connectivity index (χ0) is 77.8. The molecule has 0 saturated carbocycles. The van der Waals surface area contributed by atoms with Crippen LogP contribution in [0.1, 0.15) is 440 Å². The van der Waals surface area contributed by atoms with Gasteiger partial charge in [-0.3, -0.25) is 37.3 Å². The molecule has 0 aliphatic rings. The van der Waals surface area contributed by atoms with Gasteiger partial charge in [-0.05, 0) is 63.2 Å². The molecule has 0 heterocycles. The van der Waals surface area contributed by atoms with Gasteiger partial charge in [0.1, 0.15) is 19.3 Å². The second kappa shape index (κ2) is 77.8. The predicted octanol–water partition coefficient (Wildman–Crippen LogP) is 26.2. The van der Waals surface area contributed by atoms with Crippen LogP contribution in [0.15, 0.2) is 24.3 Å². The molecule has 0 rings (SSSR count). The molecule has 3 N–H and O–H groups in total. The largest absolute Gasteiger partial charge is 0.472 e. The molecule has 0 aromatic carbocycles. The van der Waals surface area contributed by atoms with Gasteiger partial charge in [-0.1, -0.05) is 387 Å². The van der Waals surface area contributed by atoms with Gasteiger partial charge in [0, 0.05) is 25.7 Å². The zero-order valence-electron chi connectivity index (χ0n) is 69.2. The van der Waals surface area contributed by atoms with Gasteiger partial charge in [0.2, 0.25) is 0 Å². The lowest BCUT2D eigenvalue weighted by Gasteiger charge is -2.21. The third kappa shape index (κ3) is 78.2. The number of rotatable bonds is 84. The van der Waals surface area contributed by atoms with E-state index in [-0.39, 0.29) is 25.7 Å². The normalized spacial score (nSPS) is 14.2. The summed E-state index contributed by atoms with van der Waals surface area (Å²) < 4.78 is 68.9. The fourth-order valence-electron chi connectivity index (χ4n) is 13.0. The van der Waals surface area contributed by atoms with Crippen LogP contribution in [-0.4, -0.2) is 96.7 Å². The number of aliphatic hydroxyl groups excluding tert-OH is 1. The minimum Gasteiger partial charge on any atom is -0.462 e. The van der Waals surface area contributed by atoms with Crippen molar-refractivity contribution in [1.29, 1.82) is 0 Å². The molecular formula is C87H166O17P2. The second-order valence-corrected chi connectivity index (χ2v) is 34.2. The molecule has 626 valence electrons. The molecule has 19 heteroatoms. The summed E-state index contributed by atoms with van der Waals surface area (Å²) in [6.07, 6.45) is 73.1. The smallest absolute Gasteiger partial charge is 0.462 e. The molecular weight excluding hydrogens is 1380 g/mol. The Morgan fingerprint density at radius 1 is 0.311 bits per heavy atom. The maximum absolute atomic E-state index is 13.2.